The van der Waals surface area contributed by atoms with Crippen molar-refractivity contribution in [2.24, 2.45) is 0 Å². The number of carbonyl (C=O) groups excluding carboxylic acids is 1. The summed E-state index contributed by atoms with van der Waals surface area (Å²) in [6.45, 7) is 8.24. The van der Waals surface area contributed by atoms with E-state index in [4.69, 9.17) is 4.74 Å². The van der Waals surface area contributed by atoms with Crippen molar-refractivity contribution in [2.45, 2.75) is 50.4 Å². The van der Waals surface area contributed by atoms with Crippen molar-refractivity contribution in [1.29, 1.82) is 0 Å². The van der Waals surface area contributed by atoms with Gasteiger partial charge in [0.05, 0.1) is 5.56 Å². The Morgan fingerprint density at radius 3 is 2.32 bits per heavy atom. The average molecular weight is 355 g/mol. The Kier molecular flexibility index (Phi) is 7.32. The molecule has 132 valence electrons. The number of thioether (sulfide) groups is 1. The number of hydrogen-bond acceptors (Lipinski definition) is 3. The molecule has 2 aromatic rings. The van der Waals surface area contributed by atoms with E-state index < -0.39 is 0 Å². The second-order valence-electron chi connectivity index (χ2n) is 6.46. The normalized spacial score (nSPS) is 13.0. The van der Waals surface area contributed by atoms with Crippen LogP contribution < -0.4 is 0 Å². The van der Waals surface area contributed by atoms with Crippen LogP contribution in [0.3, 0.4) is 0 Å². The Morgan fingerprint density at radius 1 is 1.08 bits per heavy atom. The molecule has 0 aliphatic carbocycles. The molecule has 0 heterocycles. The zero-order valence-electron chi connectivity index (χ0n) is 15.4. The molecular weight excluding hydrogens is 328 g/mol. The molecule has 2 nitrogen and oxygen atoms in total. The summed E-state index contributed by atoms with van der Waals surface area (Å²) >= 11 is 1.76. The summed E-state index contributed by atoms with van der Waals surface area (Å²) in [6, 6.07) is 17.6. The maximum absolute atomic E-state index is 12.3. The lowest BCUT2D eigenvalue weighted by Crippen LogP contribution is -2.26. The average Bonchev–Trinajstić information content (AvgIpc) is 2.60. The van der Waals surface area contributed by atoms with Gasteiger partial charge >= 0.3 is 5.97 Å². The van der Waals surface area contributed by atoms with E-state index >= 15 is 0 Å². The molecule has 0 aromatic heterocycles. The maximum atomic E-state index is 12.3. The summed E-state index contributed by atoms with van der Waals surface area (Å²) in [7, 11) is 0. The maximum Gasteiger partial charge on any atom is 0.338 e. The molecule has 0 bridgehead atoms. The highest BCUT2D eigenvalue weighted by Gasteiger charge is 2.22. The van der Waals surface area contributed by atoms with Crippen molar-refractivity contribution < 1.29 is 9.53 Å². The van der Waals surface area contributed by atoms with Gasteiger partial charge in [0, 0.05) is 10.1 Å². The lowest BCUT2D eigenvalue weighted by molar-refractivity contribution is 0.0338. The highest BCUT2D eigenvalue weighted by atomic mass is 32.2. The van der Waals surface area contributed by atoms with E-state index in [-0.39, 0.29) is 17.3 Å². The van der Waals surface area contributed by atoms with Crippen molar-refractivity contribution in [2.75, 3.05) is 0 Å². The predicted molar refractivity (Wildman–Crippen MR) is 106 cm³/mol. The molecule has 3 heteroatoms. The molecule has 0 spiro atoms. The SMILES string of the molecule is CC(C)=CC[C@H](Sc1ccc(C)cc1)[C@@H](C)OC(=O)c1ccccc1. The Morgan fingerprint density at radius 2 is 1.72 bits per heavy atom. The van der Waals surface area contributed by atoms with Gasteiger partial charge in [0.1, 0.15) is 6.10 Å². The quantitative estimate of drug-likeness (QED) is 0.343. The van der Waals surface area contributed by atoms with Crippen molar-refractivity contribution in [1.82, 2.24) is 0 Å². The molecule has 0 saturated carbocycles. The fraction of sp³-hybridized carbons (Fsp3) is 0.318. The Hall–Kier alpha value is -2.00. The number of esters is 1. The van der Waals surface area contributed by atoms with E-state index in [2.05, 4.69) is 51.1 Å². The first kappa shape index (κ1) is 19.3. The standard InChI is InChI=1S/C22H26O2S/c1-16(2)10-15-21(25-20-13-11-17(3)12-14-20)18(4)24-22(23)19-8-6-5-7-9-19/h5-14,18,21H,15H2,1-4H3/t18-,21+/m1/s1. The molecule has 0 aliphatic rings. The zero-order valence-corrected chi connectivity index (χ0v) is 16.2. The molecule has 25 heavy (non-hydrogen) atoms. The molecule has 0 fully saturated rings. The molecule has 0 unspecified atom stereocenters. The molecule has 2 aromatic carbocycles. The van der Waals surface area contributed by atoms with Crippen LogP contribution in [-0.2, 0) is 4.74 Å². The van der Waals surface area contributed by atoms with Crippen molar-refractivity contribution >= 4 is 17.7 Å². The van der Waals surface area contributed by atoms with E-state index in [0.717, 1.165) is 6.42 Å². The lowest BCUT2D eigenvalue weighted by Gasteiger charge is -2.23. The molecule has 2 rings (SSSR count). The van der Waals surface area contributed by atoms with Crippen molar-refractivity contribution in [3.8, 4) is 0 Å². The topological polar surface area (TPSA) is 26.3 Å². The smallest absolute Gasteiger partial charge is 0.338 e. The van der Waals surface area contributed by atoms with Crippen LogP contribution in [0, 0.1) is 6.92 Å². The van der Waals surface area contributed by atoms with Crippen LogP contribution in [0.4, 0.5) is 0 Å². The summed E-state index contributed by atoms with van der Waals surface area (Å²) < 4.78 is 5.74. The van der Waals surface area contributed by atoms with Crippen LogP contribution in [0.5, 0.6) is 0 Å². The zero-order chi connectivity index (χ0) is 18.2. The van der Waals surface area contributed by atoms with E-state index in [1.165, 1.54) is 16.0 Å². The largest absolute Gasteiger partial charge is 0.458 e. The minimum atomic E-state index is -0.264. The summed E-state index contributed by atoms with van der Waals surface area (Å²) in [6.07, 6.45) is 2.89. The van der Waals surface area contributed by atoms with Crippen LogP contribution in [-0.4, -0.2) is 17.3 Å². The number of carbonyl (C=O) groups is 1. The molecule has 0 saturated heterocycles. The third-order valence-electron chi connectivity index (χ3n) is 3.89. The van der Waals surface area contributed by atoms with E-state index in [1.807, 2.05) is 25.1 Å². The summed E-state index contributed by atoms with van der Waals surface area (Å²) in [5.41, 5.74) is 3.11. The van der Waals surface area contributed by atoms with Gasteiger partial charge in [-0.25, -0.2) is 4.79 Å². The highest BCUT2D eigenvalue weighted by molar-refractivity contribution is 8.00. The first-order valence-corrected chi connectivity index (χ1v) is 9.46. The monoisotopic (exact) mass is 354 g/mol. The van der Waals surface area contributed by atoms with Crippen LogP contribution in [0.25, 0.3) is 0 Å². The minimum Gasteiger partial charge on any atom is -0.458 e. The van der Waals surface area contributed by atoms with Crippen LogP contribution in [0.2, 0.25) is 0 Å². The van der Waals surface area contributed by atoms with Gasteiger partial charge < -0.3 is 4.74 Å². The highest BCUT2D eigenvalue weighted by Crippen LogP contribution is 2.30. The first-order chi connectivity index (χ1) is 12.0. The van der Waals surface area contributed by atoms with Crippen molar-refractivity contribution in [3.05, 3.63) is 77.4 Å². The van der Waals surface area contributed by atoms with Gasteiger partial charge in [-0.15, -0.1) is 11.8 Å². The number of rotatable bonds is 7. The lowest BCUT2D eigenvalue weighted by atomic mass is 10.1. The van der Waals surface area contributed by atoms with E-state index in [9.17, 15) is 4.79 Å². The molecule has 0 N–H and O–H groups in total. The number of hydrogen-bond donors (Lipinski definition) is 0. The molecule has 0 aliphatic heterocycles. The Balaban J connectivity index is 2.09. The van der Waals surface area contributed by atoms with Crippen LogP contribution in [0.1, 0.15) is 43.1 Å². The fourth-order valence-corrected chi connectivity index (χ4v) is 3.45. The van der Waals surface area contributed by atoms with Crippen LogP contribution >= 0.6 is 11.8 Å². The van der Waals surface area contributed by atoms with E-state index in [0.29, 0.717) is 5.56 Å². The van der Waals surface area contributed by atoms with Gasteiger partial charge in [-0.05, 0) is 58.4 Å². The summed E-state index contributed by atoms with van der Waals surface area (Å²) in [5, 5.41) is 0.172. The van der Waals surface area contributed by atoms with Gasteiger partial charge in [0.2, 0.25) is 0 Å². The number of aryl methyl sites for hydroxylation is 1. The molecule has 0 amide bonds. The second kappa shape index (κ2) is 9.47. The van der Waals surface area contributed by atoms with Gasteiger partial charge in [0.25, 0.3) is 0 Å². The summed E-state index contributed by atoms with van der Waals surface area (Å²) in [5.74, 6) is -0.264. The fourth-order valence-electron chi connectivity index (χ4n) is 2.37. The van der Waals surface area contributed by atoms with Crippen molar-refractivity contribution in [3.63, 3.8) is 0 Å². The summed E-state index contributed by atoms with van der Waals surface area (Å²) in [4.78, 5) is 13.5. The minimum absolute atomic E-state index is 0.172. The molecule has 2 atom stereocenters. The third kappa shape index (κ3) is 6.43. The predicted octanol–water partition coefficient (Wildman–Crippen LogP) is 6.06. The molecule has 0 radical (unpaired) electrons. The second-order valence-corrected chi connectivity index (χ2v) is 7.78. The molecular formula is C22H26O2S. The van der Waals surface area contributed by atoms with Gasteiger partial charge in [0.15, 0.2) is 0 Å². The van der Waals surface area contributed by atoms with Crippen LogP contribution in [0.15, 0.2) is 71.1 Å². The van der Waals surface area contributed by atoms with Gasteiger partial charge in [-0.3, -0.25) is 0 Å². The van der Waals surface area contributed by atoms with E-state index in [1.54, 1.807) is 23.9 Å². The van der Waals surface area contributed by atoms with Gasteiger partial charge in [-0.2, -0.15) is 0 Å². The van der Waals surface area contributed by atoms with Gasteiger partial charge in [-0.1, -0.05) is 47.5 Å². The Labute approximate surface area is 155 Å². The first-order valence-electron chi connectivity index (χ1n) is 8.58. The third-order valence-corrected chi connectivity index (χ3v) is 5.32. The number of benzene rings is 2. The Bertz CT molecular complexity index is 701. The number of allylic oxidation sites excluding steroid dienone is 2. The number of ether oxygens (including phenoxy) is 1.